The summed E-state index contributed by atoms with van der Waals surface area (Å²) in [6.07, 6.45) is 1.64. The molecule has 0 saturated heterocycles. The van der Waals surface area contributed by atoms with Gasteiger partial charge in [-0.25, -0.2) is 0 Å². The molecule has 3 aromatic carbocycles. The molecule has 0 bridgehead atoms. The Bertz CT molecular complexity index is 1260. The van der Waals surface area contributed by atoms with Gasteiger partial charge >= 0.3 is 0 Å². The van der Waals surface area contributed by atoms with Crippen molar-refractivity contribution < 1.29 is 5.11 Å². The summed E-state index contributed by atoms with van der Waals surface area (Å²) in [5, 5.41) is 24.9. The third-order valence-corrected chi connectivity index (χ3v) is 5.82. The van der Waals surface area contributed by atoms with Crippen molar-refractivity contribution in [1.82, 2.24) is 10.2 Å². The SMILES string of the molecule is C=C(N)c1ccc2c(c1)NC(c1[nH]nc(-c3ccc(CCc4ccccc4)cc3)c1O)N2. The normalized spacial score (nSPS) is 14.4. The Morgan fingerprint density at radius 2 is 1.59 bits per heavy atom. The van der Waals surface area contributed by atoms with Gasteiger partial charge in [0.15, 0.2) is 5.75 Å². The second kappa shape index (κ2) is 8.15. The molecule has 6 heteroatoms. The molecule has 0 aliphatic carbocycles. The Morgan fingerprint density at radius 3 is 2.31 bits per heavy atom. The van der Waals surface area contributed by atoms with Gasteiger partial charge < -0.3 is 21.5 Å². The number of nitrogens with one attached hydrogen (secondary N) is 3. The molecule has 4 aromatic rings. The number of benzene rings is 3. The van der Waals surface area contributed by atoms with Crippen LogP contribution in [0.4, 0.5) is 11.4 Å². The van der Waals surface area contributed by atoms with Gasteiger partial charge in [-0.15, -0.1) is 0 Å². The lowest BCUT2D eigenvalue weighted by atomic mass is 10.0. The van der Waals surface area contributed by atoms with E-state index in [1.807, 2.05) is 36.4 Å². The summed E-state index contributed by atoms with van der Waals surface area (Å²) >= 11 is 0. The van der Waals surface area contributed by atoms with E-state index >= 15 is 0 Å². The fourth-order valence-electron chi connectivity index (χ4n) is 4.00. The molecule has 1 aliphatic heterocycles. The van der Waals surface area contributed by atoms with E-state index in [-0.39, 0.29) is 11.9 Å². The lowest BCUT2D eigenvalue weighted by Gasteiger charge is -2.10. The predicted octanol–water partition coefficient (Wildman–Crippen LogP) is 5.03. The summed E-state index contributed by atoms with van der Waals surface area (Å²) in [6.45, 7) is 3.79. The summed E-state index contributed by atoms with van der Waals surface area (Å²) in [5.41, 5.74) is 13.6. The van der Waals surface area contributed by atoms with E-state index in [0.717, 1.165) is 35.3 Å². The van der Waals surface area contributed by atoms with Crippen molar-refractivity contribution >= 4 is 17.1 Å². The maximum absolute atomic E-state index is 10.9. The van der Waals surface area contributed by atoms with Crippen molar-refractivity contribution in [3.8, 4) is 17.0 Å². The molecule has 1 aliphatic rings. The van der Waals surface area contributed by atoms with Crippen LogP contribution >= 0.6 is 0 Å². The Kier molecular flexibility index (Phi) is 5.03. The van der Waals surface area contributed by atoms with Gasteiger partial charge in [0.1, 0.15) is 17.6 Å². The van der Waals surface area contributed by atoms with E-state index in [9.17, 15) is 5.11 Å². The first-order valence-electron chi connectivity index (χ1n) is 10.6. The van der Waals surface area contributed by atoms with Gasteiger partial charge in [0.05, 0.1) is 11.4 Å². The standard InChI is InChI=1S/C26H25N5O/c1-16(27)20-13-14-21-22(15-20)29-26(28-21)24-25(32)23(30-31-24)19-11-9-18(10-12-19)8-7-17-5-3-2-4-6-17/h2-6,9-15,26,28-29,32H,1,7-8,27H2,(H,30,31). The molecule has 32 heavy (non-hydrogen) atoms. The molecule has 6 nitrogen and oxygen atoms in total. The molecular formula is C26H25N5O. The number of aromatic nitrogens is 2. The minimum atomic E-state index is -0.322. The lowest BCUT2D eigenvalue weighted by molar-refractivity contribution is 0.468. The number of aryl methyl sites for hydroxylation is 2. The highest BCUT2D eigenvalue weighted by atomic mass is 16.3. The molecule has 5 rings (SSSR count). The van der Waals surface area contributed by atoms with Crippen LogP contribution in [0.25, 0.3) is 17.0 Å². The van der Waals surface area contributed by atoms with Crippen molar-refractivity contribution in [3.63, 3.8) is 0 Å². The smallest absolute Gasteiger partial charge is 0.168 e. The Morgan fingerprint density at radius 1 is 0.906 bits per heavy atom. The van der Waals surface area contributed by atoms with E-state index in [2.05, 4.69) is 63.8 Å². The van der Waals surface area contributed by atoms with Crippen LogP contribution in [-0.2, 0) is 12.8 Å². The van der Waals surface area contributed by atoms with Gasteiger partial charge in [-0.3, -0.25) is 5.10 Å². The highest BCUT2D eigenvalue weighted by Crippen LogP contribution is 2.40. The monoisotopic (exact) mass is 423 g/mol. The first kappa shape index (κ1) is 19.8. The summed E-state index contributed by atoms with van der Waals surface area (Å²) < 4.78 is 0. The average molecular weight is 424 g/mol. The maximum atomic E-state index is 10.9. The number of hydrogen-bond donors (Lipinski definition) is 5. The Balaban J connectivity index is 1.30. The van der Waals surface area contributed by atoms with Gasteiger partial charge in [-0.1, -0.05) is 67.2 Å². The molecule has 0 amide bonds. The minimum Gasteiger partial charge on any atom is -0.504 e. The van der Waals surface area contributed by atoms with Crippen molar-refractivity contribution in [2.75, 3.05) is 10.6 Å². The van der Waals surface area contributed by atoms with Gasteiger partial charge in [0, 0.05) is 11.3 Å². The molecule has 0 fully saturated rings. The van der Waals surface area contributed by atoms with E-state index in [4.69, 9.17) is 5.73 Å². The molecular weight excluding hydrogens is 398 g/mol. The first-order valence-corrected chi connectivity index (χ1v) is 10.6. The molecule has 160 valence electrons. The summed E-state index contributed by atoms with van der Waals surface area (Å²) in [7, 11) is 0. The van der Waals surface area contributed by atoms with Crippen LogP contribution in [0.3, 0.4) is 0 Å². The van der Waals surface area contributed by atoms with Crippen LogP contribution in [0.15, 0.2) is 79.4 Å². The molecule has 0 spiro atoms. The maximum Gasteiger partial charge on any atom is 0.168 e. The summed E-state index contributed by atoms with van der Waals surface area (Å²) in [6, 6.07) is 24.4. The fraction of sp³-hybridized carbons (Fsp3) is 0.115. The zero-order valence-corrected chi connectivity index (χ0v) is 17.6. The zero-order chi connectivity index (χ0) is 22.1. The predicted molar refractivity (Wildman–Crippen MR) is 129 cm³/mol. The van der Waals surface area contributed by atoms with Crippen LogP contribution in [0.1, 0.15) is 28.6 Å². The number of nitrogens with two attached hydrogens (primary N) is 1. The minimum absolute atomic E-state index is 0.128. The van der Waals surface area contributed by atoms with Gasteiger partial charge in [-0.2, -0.15) is 5.10 Å². The topological polar surface area (TPSA) is 99.0 Å². The van der Waals surface area contributed by atoms with Crippen LogP contribution in [0, 0.1) is 0 Å². The van der Waals surface area contributed by atoms with Crippen molar-refractivity contribution in [2.45, 2.75) is 19.0 Å². The Labute approximate surface area is 186 Å². The summed E-state index contributed by atoms with van der Waals surface area (Å²) in [4.78, 5) is 0. The number of fused-ring (bicyclic) bond motifs is 1. The molecule has 2 heterocycles. The highest BCUT2D eigenvalue weighted by Gasteiger charge is 2.27. The van der Waals surface area contributed by atoms with Crippen LogP contribution in [-0.4, -0.2) is 15.3 Å². The van der Waals surface area contributed by atoms with Crippen LogP contribution in [0.2, 0.25) is 0 Å². The first-order chi connectivity index (χ1) is 15.6. The lowest BCUT2D eigenvalue weighted by Crippen LogP contribution is -2.12. The molecule has 1 aromatic heterocycles. The largest absolute Gasteiger partial charge is 0.504 e. The number of rotatable bonds is 6. The van der Waals surface area contributed by atoms with E-state index in [1.165, 1.54) is 11.1 Å². The van der Waals surface area contributed by atoms with Gasteiger partial charge in [0.25, 0.3) is 0 Å². The van der Waals surface area contributed by atoms with Crippen molar-refractivity contribution in [1.29, 1.82) is 0 Å². The second-order valence-corrected chi connectivity index (χ2v) is 8.02. The quantitative estimate of drug-likeness (QED) is 0.299. The highest BCUT2D eigenvalue weighted by molar-refractivity contribution is 5.80. The number of H-pyrrole nitrogens is 1. The van der Waals surface area contributed by atoms with E-state index < -0.39 is 0 Å². The van der Waals surface area contributed by atoms with Crippen molar-refractivity contribution in [3.05, 3.63) is 102 Å². The van der Waals surface area contributed by atoms with Gasteiger partial charge in [0.2, 0.25) is 0 Å². The average Bonchev–Trinajstić information content (AvgIpc) is 3.41. The van der Waals surface area contributed by atoms with Gasteiger partial charge in [-0.05, 0) is 41.7 Å². The third-order valence-electron chi connectivity index (χ3n) is 5.82. The van der Waals surface area contributed by atoms with Crippen LogP contribution in [0.5, 0.6) is 5.75 Å². The molecule has 1 atom stereocenters. The second-order valence-electron chi connectivity index (χ2n) is 8.02. The number of nitrogens with zero attached hydrogens (tertiary/aromatic N) is 1. The zero-order valence-electron chi connectivity index (χ0n) is 17.6. The fourth-order valence-corrected chi connectivity index (χ4v) is 4.00. The Hall–Kier alpha value is -4.19. The third kappa shape index (κ3) is 3.78. The molecule has 0 saturated carbocycles. The number of aromatic hydroxyl groups is 1. The van der Waals surface area contributed by atoms with E-state index in [1.54, 1.807) is 0 Å². The molecule has 1 unspecified atom stereocenters. The molecule has 0 radical (unpaired) electrons. The van der Waals surface area contributed by atoms with E-state index in [0.29, 0.717) is 17.1 Å². The van der Waals surface area contributed by atoms with Crippen LogP contribution < -0.4 is 16.4 Å². The number of hydrogen-bond acceptors (Lipinski definition) is 5. The summed E-state index contributed by atoms with van der Waals surface area (Å²) in [5.74, 6) is 0.128. The van der Waals surface area contributed by atoms with Crippen molar-refractivity contribution in [2.24, 2.45) is 5.73 Å². The number of anilines is 2. The number of aromatic amines is 1. The molecule has 6 N–H and O–H groups in total.